The van der Waals surface area contributed by atoms with Crippen molar-refractivity contribution in [3.63, 3.8) is 0 Å². The average molecular weight is 325 g/mol. The predicted octanol–water partition coefficient (Wildman–Crippen LogP) is 2.29. The Kier molecular flexibility index (Phi) is 2.69. The zero-order valence-electron chi connectivity index (χ0n) is 13.8. The van der Waals surface area contributed by atoms with Crippen LogP contribution in [0.1, 0.15) is 30.4 Å². The lowest BCUT2D eigenvalue weighted by Gasteiger charge is -2.63. The van der Waals surface area contributed by atoms with Gasteiger partial charge >= 0.3 is 0 Å². The van der Waals surface area contributed by atoms with Gasteiger partial charge in [-0.15, -0.1) is 6.58 Å². The van der Waals surface area contributed by atoms with Gasteiger partial charge in [-0.25, -0.2) is 0 Å². The molecule has 1 spiro atoms. The highest BCUT2D eigenvalue weighted by Crippen LogP contribution is 2.66. The van der Waals surface area contributed by atoms with Gasteiger partial charge in [0.25, 0.3) is 0 Å². The number of likely N-dealkylation sites (tertiary alicyclic amines) is 1. The first-order chi connectivity index (χ1) is 11.5. The van der Waals surface area contributed by atoms with Gasteiger partial charge in [-0.3, -0.25) is 4.90 Å². The monoisotopic (exact) mass is 325 g/mol. The number of nitrogens with zero attached hydrogens (tertiary/aromatic N) is 1. The fraction of sp³-hybridized carbons (Fsp3) is 0.500. The molecule has 4 nitrogen and oxygen atoms in total. The van der Waals surface area contributed by atoms with E-state index >= 15 is 0 Å². The molecule has 1 aromatic carbocycles. The Morgan fingerprint density at radius 3 is 3.00 bits per heavy atom. The lowest BCUT2D eigenvalue weighted by molar-refractivity contribution is -0.171. The standard InChI is InChI=1S/C20H23NO3/c1-3-9-21-10-8-19-16-13-4-5-14(22)17(16)24-18(19)12(2)6-7-20(19,23)15(21)11-13/h3-5,15,18,22-23H,1-2,6-11H2/t15-,18+,19+,20?/m1/s1. The number of hydrogen-bond acceptors (Lipinski definition) is 4. The molecular formula is C20H23NO3. The van der Waals surface area contributed by atoms with E-state index in [2.05, 4.69) is 18.1 Å². The minimum Gasteiger partial charge on any atom is -0.504 e. The molecule has 0 radical (unpaired) electrons. The zero-order valence-corrected chi connectivity index (χ0v) is 13.8. The van der Waals surface area contributed by atoms with E-state index < -0.39 is 11.0 Å². The molecule has 4 heteroatoms. The van der Waals surface area contributed by atoms with Gasteiger partial charge in [0, 0.05) is 24.7 Å². The zero-order chi connectivity index (χ0) is 16.7. The number of aliphatic hydroxyl groups is 1. The van der Waals surface area contributed by atoms with Crippen LogP contribution in [-0.2, 0) is 11.8 Å². The second kappa shape index (κ2) is 4.44. The largest absolute Gasteiger partial charge is 0.504 e. The molecule has 2 bridgehead atoms. The molecule has 1 aromatic rings. The normalized spacial score (nSPS) is 39.3. The summed E-state index contributed by atoms with van der Waals surface area (Å²) >= 11 is 0. The summed E-state index contributed by atoms with van der Waals surface area (Å²) in [6.07, 6.45) is 4.78. The second-order valence-corrected chi connectivity index (χ2v) is 7.75. The van der Waals surface area contributed by atoms with Crippen molar-refractivity contribution >= 4 is 0 Å². The van der Waals surface area contributed by atoms with Gasteiger partial charge in [0.2, 0.25) is 0 Å². The second-order valence-electron chi connectivity index (χ2n) is 7.75. The van der Waals surface area contributed by atoms with Gasteiger partial charge in [0.15, 0.2) is 11.5 Å². The van der Waals surface area contributed by atoms with Crippen LogP contribution >= 0.6 is 0 Å². The number of rotatable bonds is 2. The number of ether oxygens (including phenoxy) is 1. The lowest BCUT2D eigenvalue weighted by Crippen LogP contribution is -2.75. The van der Waals surface area contributed by atoms with Crippen LogP contribution in [0.15, 0.2) is 36.9 Å². The summed E-state index contributed by atoms with van der Waals surface area (Å²) in [5.74, 6) is 0.759. The van der Waals surface area contributed by atoms with Crippen LogP contribution in [0.4, 0.5) is 0 Å². The molecule has 1 unspecified atom stereocenters. The van der Waals surface area contributed by atoms with Crippen LogP contribution in [-0.4, -0.2) is 45.9 Å². The van der Waals surface area contributed by atoms with E-state index in [0.29, 0.717) is 12.2 Å². The van der Waals surface area contributed by atoms with E-state index in [-0.39, 0.29) is 17.9 Å². The molecule has 126 valence electrons. The summed E-state index contributed by atoms with van der Waals surface area (Å²) < 4.78 is 6.23. The molecule has 2 aliphatic carbocycles. The Hall–Kier alpha value is -1.78. The lowest BCUT2D eigenvalue weighted by atomic mass is 9.48. The summed E-state index contributed by atoms with van der Waals surface area (Å²) in [5.41, 5.74) is 1.98. The summed E-state index contributed by atoms with van der Waals surface area (Å²) in [6, 6.07) is 3.79. The summed E-state index contributed by atoms with van der Waals surface area (Å²) in [4.78, 5) is 2.36. The number of benzene rings is 1. The number of aromatic hydroxyl groups is 1. The minimum atomic E-state index is -0.841. The third kappa shape index (κ3) is 1.39. The van der Waals surface area contributed by atoms with Crippen molar-refractivity contribution < 1.29 is 14.9 Å². The van der Waals surface area contributed by atoms with Crippen molar-refractivity contribution in [2.75, 3.05) is 13.1 Å². The number of piperidine rings is 1. The first kappa shape index (κ1) is 14.6. The molecule has 1 saturated carbocycles. The summed E-state index contributed by atoms with van der Waals surface area (Å²) in [7, 11) is 0. The Morgan fingerprint density at radius 1 is 1.38 bits per heavy atom. The van der Waals surface area contributed by atoms with Gasteiger partial charge in [-0.1, -0.05) is 18.7 Å². The van der Waals surface area contributed by atoms with Gasteiger partial charge < -0.3 is 14.9 Å². The molecule has 0 aromatic heterocycles. The van der Waals surface area contributed by atoms with Gasteiger partial charge in [0.05, 0.1) is 11.0 Å². The quantitative estimate of drug-likeness (QED) is 0.819. The predicted molar refractivity (Wildman–Crippen MR) is 91.4 cm³/mol. The molecule has 2 N–H and O–H groups in total. The topological polar surface area (TPSA) is 52.9 Å². The maximum absolute atomic E-state index is 11.9. The third-order valence-corrected chi connectivity index (χ3v) is 6.89. The number of phenols is 1. The van der Waals surface area contributed by atoms with E-state index in [9.17, 15) is 10.2 Å². The Morgan fingerprint density at radius 2 is 2.21 bits per heavy atom. The van der Waals surface area contributed by atoms with Crippen LogP contribution in [0.5, 0.6) is 11.5 Å². The highest BCUT2D eigenvalue weighted by atomic mass is 16.5. The molecule has 4 atom stereocenters. The van der Waals surface area contributed by atoms with Crippen molar-refractivity contribution in [1.29, 1.82) is 0 Å². The van der Waals surface area contributed by atoms with Crippen molar-refractivity contribution in [2.24, 2.45) is 0 Å². The molecule has 2 heterocycles. The van der Waals surface area contributed by atoms with E-state index in [1.54, 1.807) is 6.07 Å². The smallest absolute Gasteiger partial charge is 0.166 e. The highest BCUT2D eigenvalue weighted by molar-refractivity contribution is 5.63. The van der Waals surface area contributed by atoms with Crippen LogP contribution in [0.3, 0.4) is 0 Å². The van der Waals surface area contributed by atoms with Crippen LogP contribution < -0.4 is 4.74 Å². The van der Waals surface area contributed by atoms with Crippen LogP contribution in [0, 0.1) is 0 Å². The van der Waals surface area contributed by atoms with Crippen LogP contribution in [0.2, 0.25) is 0 Å². The van der Waals surface area contributed by atoms with E-state index in [1.165, 1.54) is 5.56 Å². The maximum Gasteiger partial charge on any atom is 0.166 e. The van der Waals surface area contributed by atoms with Gasteiger partial charge in [-0.05, 0) is 42.9 Å². The van der Waals surface area contributed by atoms with Crippen LogP contribution in [0.25, 0.3) is 0 Å². The first-order valence-electron chi connectivity index (χ1n) is 8.80. The molecule has 2 fully saturated rings. The molecule has 0 amide bonds. The maximum atomic E-state index is 11.9. The fourth-order valence-corrected chi connectivity index (χ4v) is 5.93. The average Bonchev–Trinajstić information content (AvgIpc) is 2.91. The van der Waals surface area contributed by atoms with Crippen molar-refractivity contribution in [3.8, 4) is 11.5 Å². The Labute approximate surface area is 142 Å². The molecule has 5 rings (SSSR count). The number of hydrogen-bond donors (Lipinski definition) is 2. The number of phenolic OH excluding ortho intramolecular Hbond substituents is 1. The van der Waals surface area contributed by atoms with Crippen molar-refractivity contribution in [1.82, 2.24) is 4.90 Å². The third-order valence-electron chi connectivity index (χ3n) is 6.89. The fourth-order valence-electron chi connectivity index (χ4n) is 5.93. The van der Waals surface area contributed by atoms with E-state index in [0.717, 1.165) is 43.5 Å². The molecular weight excluding hydrogens is 302 g/mol. The summed E-state index contributed by atoms with van der Waals surface area (Å²) in [6.45, 7) is 9.81. The Bertz CT molecular complexity index is 772. The summed E-state index contributed by atoms with van der Waals surface area (Å²) in [5, 5.41) is 22.3. The molecule has 1 saturated heterocycles. The van der Waals surface area contributed by atoms with Gasteiger partial charge in [0.1, 0.15) is 6.10 Å². The molecule has 4 aliphatic rings. The highest BCUT2D eigenvalue weighted by Gasteiger charge is 2.71. The van der Waals surface area contributed by atoms with E-state index in [4.69, 9.17) is 4.74 Å². The van der Waals surface area contributed by atoms with Gasteiger partial charge in [-0.2, -0.15) is 0 Å². The van der Waals surface area contributed by atoms with Crippen molar-refractivity contribution in [2.45, 2.75) is 48.8 Å². The minimum absolute atomic E-state index is 0.0615. The SMILES string of the molecule is C=CCN1CC[C@]23c4c5ccc(O)c4O[C@H]2C(=C)CCC3(O)[C@H]1C5. The Balaban J connectivity index is 1.80. The first-order valence-corrected chi connectivity index (χ1v) is 8.80. The van der Waals surface area contributed by atoms with E-state index in [1.807, 2.05) is 12.1 Å². The molecule has 2 aliphatic heterocycles. The molecule has 24 heavy (non-hydrogen) atoms. The van der Waals surface area contributed by atoms with Crippen molar-refractivity contribution in [3.05, 3.63) is 48.1 Å².